The van der Waals surface area contributed by atoms with Crippen molar-refractivity contribution >= 4 is 57.6 Å². The molecule has 0 fully saturated rings. The number of nitriles is 1. The van der Waals surface area contributed by atoms with Crippen molar-refractivity contribution in [1.29, 1.82) is 5.26 Å². The minimum atomic E-state index is -0.521. The first-order valence-corrected chi connectivity index (χ1v) is 16.0. The highest BCUT2D eigenvalue weighted by Gasteiger charge is 2.20. The third-order valence-corrected chi connectivity index (χ3v) is 8.79. The first kappa shape index (κ1) is 31.9. The molecular weight excluding hydrogens is 615 g/mol. The molecule has 0 spiro atoms. The molecule has 0 saturated heterocycles. The lowest BCUT2D eigenvalue weighted by Crippen LogP contribution is -2.30. The Bertz CT molecular complexity index is 1930. The molecule has 46 heavy (non-hydrogen) atoms. The predicted octanol–water partition coefficient (Wildman–Crippen LogP) is 7.52. The van der Waals surface area contributed by atoms with Gasteiger partial charge in [0.1, 0.15) is 16.8 Å². The van der Waals surface area contributed by atoms with Crippen LogP contribution in [0.5, 0.6) is 0 Å². The molecule has 1 unspecified atom stereocenters. The minimum absolute atomic E-state index is 0.0434. The van der Waals surface area contributed by atoms with Crippen LogP contribution < -0.4 is 16.0 Å². The Balaban J connectivity index is 1.27. The summed E-state index contributed by atoms with van der Waals surface area (Å²) in [5.74, 6) is -1.20. The molecular formula is C36H29N5O3S2. The summed E-state index contributed by atoms with van der Waals surface area (Å²) in [6.45, 7) is 3.78. The van der Waals surface area contributed by atoms with Crippen LogP contribution in [-0.4, -0.2) is 28.0 Å². The van der Waals surface area contributed by atoms with E-state index in [1.54, 1.807) is 86.1 Å². The number of pyridine rings is 1. The van der Waals surface area contributed by atoms with E-state index >= 15 is 0 Å². The van der Waals surface area contributed by atoms with E-state index in [0.29, 0.717) is 27.4 Å². The van der Waals surface area contributed by atoms with E-state index in [-0.39, 0.29) is 11.6 Å². The molecule has 0 saturated carbocycles. The van der Waals surface area contributed by atoms with E-state index in [1.165, 1.54) is 23.1 Å². The maximum atomic E-state index is 13.4. The van der Waals surface area contributed by atoms with Crippen LogP contribution in [0.15, 0.2) is 119 Å². The molecule has 0 bridgehead atoms. The first-order valence-electron chi connectivity index (χ1n) is 14.3. The number of carbonyl (C=O) groups is 3. The Morgan fingerprint density at radius 3 is 2.46 bits per heavy atom. The lowest BCUT2D eigenvalue weighted by molar-refractivity contribution is -0.115. The number of nitrogens with one attached hydrogen (secondary N) is 3. The molecule has 3 N–H and O–H groups in total. The summed E-state index contributed by atoms with van der Waals surface area (Å²) in [6, 6.07) is 29.4. The molecule has 228 valence electrons. The molecule has 0 radical (unpaired) electrons. The maximum absolute atomic E-state index is 13.4. The van der Waals surface area contributed by atoms with E-state index in [9.17, 15) is 19.6 Å². The van der Waals surface area contributed by atoms with Crippen LogP contribution in [0.1, 0.15) is 34.0 Å². The maximum Gasteiger partial charge on any atom is 0.272 e. The van der Waals surface area contributed by atoms with Crippen LogP contribution in [-0.2, 0) is 9.59 Å². The fourth-order valence-electron chi connectivity index (χ4n) is 4.39. The third kappa shape index (κ3) is 8.15. The number of carbonyl (C=O) groups excluding carboxylic acids is 3. The van der Waals surface area contributed by atoms with Gasteiger partial charge in [-0.05, 0) is 67.4 Å². The number of nitrogens with zero attached hydrogens (tertiary/aromatic N) is 2. The monoisotopic (exact) mass is 643 g/mol. The van der Waals surface area contributed by atoms with E-state index in [2.05, 4.69) is 27.0 Å². The van der Waals surface area contributed by atoms with Gasteiger partial charge in [0.15, 0.2) is 0 Å². The smallest absolute Gasteiger partial charge is 0.272 e. The fourth-order valence-corrected chi connectivity index (χ4v) is 6.24. The highest BCUT2D eigenvalue weighted by atomic mass is 32.2. The molecule has 0 aliphatic heterocycles. The molecule has 2 aromatic heterocycles. The number of benzene rings is 3. The summed E-state index contributed by atoms with van der Waals surface area (Å²) < 4.78 is 0. The Morgan fingerprint density at radius 1 is 0.957 bits per heavy atom. The standard InChI is InChI=1S/C36H29N5O3S2/c1-23-13-15-26(16-14-23)31-22-45-36(30(31)20-37)41-33(42)24(2)46-29-12-6-11-28(19-29)39-35(44)32(18-25-8-7-17-38-21-25)40-34(43)27-9-4-3-5-10-27/h3-19,21-22,24H,1-2H3,(H,39,44)(H,40,43)(H,41,42)/b32-18-. The molecule has 1 atom stereocenters. The zero-order chi connectivity index (χ0) is 32.5. The number of thioether (sulfide) groups is 1. The van der Waals surface area contributed by atoms with Gasteiger partial charge >= 0.3 is 0 Å². The van der Waals surface area contributed by atoms with Crippen molar-refractivity contribution < 1.29 is 14.4 Å². The van der Waals surface area contributed by atoms with Crippen LogP contribution in [0.4, 0.5) is 10.7 Å². The molecule has 5 rings (SSSR count). The molecule has 0 aliphatic rings. The highest BCUT2D eigenvalue weighted by molar-refractivity contribution is 8.00. The lowest BCUT2D eigenvalue weighted by atomic mass is 10.0. The quantitative estimate of drug-likeness (QED) is 0.107. The van der Waals surface area contributed by atoms with Crippen LogP contribution >= 0.6 is 23.1 Å². The highest BCUT2D eigenvalue weighted by Crippen LogP contribution is 2.36. The van der Waals surface area contributed by atoms with E-state index in [4.69, 9.17) is 0 Å². The molecule has 2 heterocycles. The molecule has 3 aromatic carbocycles. The van der Waals surface area contributed by atoms with Crippen LogP contribution in [0.2, 0.25) is 0 Å². The zero-order valence-corrected chi connectivity index (χ0v) is 26.6. The van der Waals surface area contributed by atoms with Crippen molar-refractivity contribution in [2.24, 2.45) is 0 Å². The molecule has 10 heteroatoms. The number of aromatic nitrogens is 1. The van der Waals surface area contributed by atoms with Gasteiger partial charge in [0.2, 0.25) is 5.91 Å². The van der Waals surface area contributed by atoms with Gasteiger partial charge in [0.05, 0.1) is 10.8 Å². The summed E-state index contributed by atoms with van der Waals surface area (Å²) in [4.78, 5) is 44.3. The van der Waals surface area contributed by atoms with Crippen molar-refractivity contribution in [3.05, 3.63) is 137 Å². The fraction of sp³-hybridized carbons (Fsp3) is 0.0833. The first-order chi connectivity index (χ1) is 22.3. The summed E-state index contributed by atoms with van der Waals surface area (Å²) >= 11 is 2.63. The van der Waals surface area contributed by atoms with Gasteiger partial charge in [-0.3, -0.25) is 19.4 Å². The molecule has 0 aliphatic carbocycles. The summed E-state index contributed by atoms with van der Waals surface area (Å²) in [5, 5.41) is 20.2. The van der Waals surface area contributed by atoms with E-state index < -0.39 is 17.1 Å². The predicted molar refractivity (Wildman–Crippen MR) is 184 cm³/mol. The number of aryl methyl sites for hydroxylation is 1. The largest absolute Gasteiger partial charge is 0.321 e. The van der Waals surface area contributed by atoms with Gasteiger partial charge < -0.3 is 16.0 Å². The number of amides is 3. The Morgan fingerprint density at radius 2 is 1.74 bits per heavy atom. The second-order valence-electron chi connectivity index (χ2n) is 10.2. The average Bonchev–Trinajstić information content (AvgIpc) is 3.48. The van der Waals surface area contributed by atoms with Gasteiger partial charge in [-0.2, -0.15) is 5.26 Å². The topological polar surface area (TPSA) is 124 Å². The van der Waals surface area contributed by atoms with Crippen LogP contribution in [0, 0.1) is 18.3 Å². The summed E-state index contributed by atoms with van der Waals surface area (Å²) in [6.07, 6.45) is 4.76. The molecule has 5 aromatic rings. The van der Waals surface area contributed by atoms with Crippen molar-refractivity contribution in [1.82, 2.24) is 10.3 Å². The Labute approximate surface area is 275 Å². The number of anilines is 2. The number of hydrogen-bond donors (Lipinski definition) is 3. The molecule has 3 amide bonds. The van der Waals surface area contributed by atoms with Crippen molar-refractivity contribution in [2.75, 3.05) is 10.6 Å². The normalized spacial score (nSPS) is 11.6. The third-order valence-electron chi connectivity index (χ3n) is 6.80. The van der Waals surface area contributed by atoms with Gasteiger partial charge in [-0.15, -0.1) is 23.1 Å². The van der Waals surface area contributed by atoms with Crippen LogP contribution in [0.3, 0.4) is 0 Å². The van der Waals surface area contributed by atoms with Gasteiger partial charge in [0, 0.05) is 39.5 Å². The van der Waals surface area contributed by atoms with Gasteiger partial charge in [-0.25, -0.2) is 0 Å². The number of rotatable bonds is 10. The van der Waals surface area contributed by atoms with Gasteiger partial charge in [-0.1, -0.05) is 60.2 Å². The van der Waals surface area contributed by atoms with E-state index in [0.717, 1.165) is 21.6 Å². The number of thiophene rings is 1. The summed E-state index contributed by atoms with van der Waals surface area (Å²) in [5.41, 5.74) is 4.83. The lowest BCUT2D eigenvalue weighted by Gasteiger charge is -2.14. The second-order valence-corrected chi connectivity index (χ2v) is 12.5. The molecule has 8 nitrogen and oxygen atoms in total. The van der Waals surface area contributed by atoms with Gasteiger partial charge in [0.25, 0.3) is 11.8 Å². The Hall–Kier alpha value is -5.50. The number of hydrogen-bond acceptors (Lipinski definition) is 7. The average molecular weight is 644 g/mol. The van der Waals surface area contributed by atoms with E-state index in [1.807, 2.05) is 42.6 Å². The van der Waals surface area contributed by atoms with Crippen molar-refractivity contribution in [3.63, 3.8) is 0 Å². The zero-order valence-electron chi connectivity index (χ0n) is 25.0. The minimum Gasteiger partial charge on any atom is -0.321 e. The second kappa shape index (κ2) is 15.0. The van der Waals surface area contributed by atoms with Crippen molar-refractivity contribution in [3.8, 4) is 17.2 Å². The Kier molecular flexibility index (Phi) is 10.4. The van der Waals surface area contributed by atoms with Crippen LogP contribution in [0.25, 0.3) is 17.2 Å². The SMILES string of the molecule is Cc1ccc(-c2csc(NC(=O)C(C)Sc3cccc(NC(=O)/C(=C/c4cccnc4)NC(=O)c4ccccc4)c3)c2C#N)cc1. The van der Waals surface area contributed by atoms with Crippen molar-refractivity contribution in [2.45, 2.75) is 24.0 Å². The summed E-state index contributed by atoms with van der Waals surface area (Å²) in [7, 11) is 0.